The van der Waals surface area contributed by atoms with Crippen LogP contribution in [0.5, 0.6) is 11.5 Å². The Labute approximate surface area is 181 Å². The summed E-state index contributed by atoms with van der Waals surface area (Å²) >= 11 is 1.45. The van der Waals surface area contributed by atoms with Crippen molar-refractivity contribution >= 4 is 28.9 Å². The van der Waals surface area contributed by atoms with Crippen LogP contribution in [0.3, 0.4) is 0 Å². The first-order valence-electron chi connectivity index (χ1n) is 9.92. The van der Waals surface area contributed by atoms with Crippen LogP contribution in [0.4, 0.5) is 0 Å². The van der Waals surface area contributed by atoms with Crippen molar-refractivity contribution in [3.8, 4) is 11.5 Å². The lowest BCUT2D eigenvalue weighted by molar-refractivity contribution is -0.113. The Morgan fingerprint density at radius 2 is 1.73 bits per heavy atom. The van der Waals surface area contributed by atoms with Crippen LogP contribution >= 0.6 is 11.8 Å². The third kappa shape index (κ3) is 4.68. The smallest absolute Gasteiger partial charge is 0.286 e. The largest absolute Gasteiger partial charge is 0.493 e. The summed E-state index contributed by atoms with van der Waals surface area (Å²) in [6.45, 7) is 4.61. The molecule has 2 aromatic rings. The van der Waals surface area contributed by atoms with Crippen LogP contribution in [-0.4, -0.2) is 61.3 Å². The van der Waals surface area contributed by atoms with E-state index < -0.39 is 0 Å². The number of aliphatic imine (C=N–C) groups is 1. The minimum Gasteiger partial charge on any atom is -0.493 e. The molecular weight excluding hydrogens is 398 g/mol. The summed E-state index contributed by atoms with van der Waals surface area (Å²) in [7, 11) is 3.20. The van der Waals surface area contributed by atoms with Gasteiger partial charge < -0.3 is 14.4 Å². The molecule has 1 fully saturated rings. The van der Waals surface area contributed by atoms with Crippen molar-refractivity contribution in [2.75, 3.05) is 40.4 Å². The van der Waals surface area contributed by atoms with Crippen molar-refractivity contribution < 1.29 is 14.3 Å². The normalized spacial score (nSPS) is 18.6. The van der Waals surface area contributed by atoms with Gasteiger partial charge in [-0.15, -0.1) is 0 Å². The average Bonchev–Trinajstić information content (AvgIpc) is 3.15. The zero-order valence-electron chi connectivity index (χ0n) is 17.2. The van der Waals surface area contributed by atoms with E-state index in [4.69, 9.17) is 9.47 Å². The van der Waals surface area contributed by atoms with Crippen molar-refractivity contribution in [2.24, 2.45) is 4.99 Å². The predicted molar refractivity (Wildman–Crippen MR) is 121 cm³/mol. The Balaban J connectivity index is 1.37. The van der Waals surface area contributed by atoms with E-state index in [1.807, 2.05) is 30.3 Å². The summed E-state index contributed by atoms with van der Waals surface area (Å²) < 4.78 is 10.6. The number of carbonyl (C=O) groups is 1. The van der Waals surface area contributed by atoms with Gasteiger partial charge in [-0.2, -0.15) is 4.99 Å². The Hall–Kier alpha value is -2.77. The van der Waals surface area contributed by atoms with Gasteiger partial charge in [-0.05, 0) is 41.1 Å². The zero-order valence-corrected chi connectivity index (χ0v) is 18.0. The SMILES string of the molecule is COc1ccc(/C=C2/SC(N3CCN(Cc4ccccc4)CC3)=NC2=O)cc1OC. The number of thioether (sulfide) groups is 1. The number of amidine groups is 1. The lowest BCUT2D eigenvalue weighted by Gasteiger charge is -2.35. The third-order valence-corrected chi connectivity index (χ3v) is 6.25. The van der Waals surface area contributed by atoms with Crippen LogP contribution < -0.4 is 9.47 Å². The predicted octanol–water partition coefficient (Wildman–Crippen LogP) is 3.49. The number of carbonyl (C=O) groups excluding carboxylic acids is 1. The van der Waals surface area contributed by atoms with Gasteiger partial charge in [0.05, 0.1) is 19.1 Å². The molecule has 30 heavy (non-hydrogen) atoms. The molecule has 0 radical (unpaired) electrons. The van der Waals surface area contributed by atoms with Crippen LogP contribution in [0.15, 0.2) is 58.4 Å². The molecule has 6 nitrogen and oxygen atoms in total. The summed E-state index contributed by atoms with van der Waals surface area (Å²) in [6, 6.07) is 16.1. The molecule has 0 atom stereocenters. The lowest BCUT2D eigenvalue weighted by atomic mass is 10.2. The van der Waals surface area contributed by atoms with Gasteiger partial charge in [-0.1, -0.05) is 36.4 Å². The molecule has 4 rings (SSSR count). The highest BCUT2D eigenvalue weighted by Crippen LogP contribution is 2.33. The second-order valence-electron chi connectivity index (χ2n) is 7.17. The standard InChI is InChI=1S/C23H25N3O3S/c1-28-19-9-8-18(14-20(19)29-2)15-21-22(27)24-23(30-21)26-12-10-25(11-13-26)16-17-6-4-3-5-7-17/h3-9,14-15H,10-13,16H2,1-2H3/b21-15+. The van der Waals surface area contributed by atoms with Gasteiger partial charge in [-0.3, -0.25) is 9.69 Å². The minimum atomic E-state index is -0.184. The number of piperazine rings is 1. The number of benzene rings is 2. The van der Waals surface area contributed by atoms with Gasteiger partial charge >= 0.3 is 0 Å². The van der Waals surface area contributed by atoms with Gasteiger partial charge in [0.15, 0.2) is 16.7 Å². The summed E-state index contributed by atoms with van der Waals surface area (Å²) in [4.78, 5) is 22.0. The molecule has 0 aromatic heterocycles. The van der Waals surface area contributed by atoms with E-state index in [1.54, 1.807) is 14.2 Å². The number of amides is 1. The fraction of sp³-hybridized carbons (Fsp3) is 0.304. The number of ether oxygens (including phenoxy) is 2. The van der Waals surface area contributed by atoms with E-state index in [2.05, 4.69) is 39.1 Å². The molecule has 2 heterocycles. The number of methoxy groups -OCH3 is 2. The maximum atomic E-state index is 12.4. The van der Waals surface area contributed by atoms with E-state index >= 15 is 0 Å². The summed E-state index contributed by atoms with van der Waals surface area (Å²) in [6.07, 6.45) is 1.86. The van der Waals surface area contributed by atoms with Gasteiger partial charge in [0.25, 0.3) is 5.91 Å². The Kier molecular flexibility index (Phi) is 6.40. The molecule has 1 amide bonds. The third-order valence-electron chi connectivity index (χ3n) is 5.21. The first-order valence-corrected chi connectivity index (χ1v) is 10.7. The fourth-order valence-corrected chi connectivity index (χ4v) is 4.53. The number of hydrogen-bond donors (Lipinski definition) is 0. The molecule has 0 saturated carbocycles. The van der Waals surface area contributed by atoms with Crippen LogP contribution in [0.2, 0.25) is 0 Å². The number of rotatable bonds is 5. The summed E-state index contributed by atoms with van der Waals surface area (Å²) in [5.74, 6) is 1.12. The topological polar surface area (TPSA) is 54.4 Å². The zero-order chi connectivity index (χ0) is 20.9. The molecule has 1 saturated heterocycles. The fourth-order valence-electron chi connectivity index (χ4n) is 3.57. The Morgan fingerprint density at radius 3 is 2.43 bits per heavy atom. The van der Waals surface area contributed by atoms with E-state index in [0.29, 0.717) is 16.4 Å². The highest BCUT2D eigenvalue weighted by Gasteiger charge is 2.28. The second-order valence-corrected chi connectivity index (χ2v) is 8.18. The summed E-state index contributed by atoms with van der Waals surface area (Å²) in [5, 5.41) is 0.797. The molecule has 156 valence electrons. The lowest BCUT2D eigenvalue weighted by Crippen LogP contribution is -2.47. The maximum absolute atomic E-state index is 12.4. The van der Waals surface area contributed by atoms with E-state index in [0.717, 1.165) is 43.5 Å². The Morgan fingerprint density at radius 1 is 1.00 bits per heavy atom. The average molecular weight is 424 g/mol. The molecule has 0 spiro atoms. The van der Waals surface area contributed by atoms with Crippen molar-refractivity contribution in [3.63, 3.8) is 0 Å². The molecule has 0 bridgehead atoms. The molecule has 2 aliphatic heterocycles. The molecule has 0 unspecified atom stereocenters. The Bertz CT molecular complexity index is 967. The van der Waals surface area contributed by atoms with Crippen LogP contribution in [0.25, 0.3) is 6.08 Å². The number of nitrogens with zero attached hydrogens (tertiary/aromatic N) is 3. The second kappa shape index (κ2) is 9.36. The number of hydrogen-bond acceptors (Lipinski definition) is 6. The first-order chi connectivity index (χ1) is 14.7. The maximum Gasteiger partial charge on any atom is 0.286 e. The van der Waals surface area contributed by atoms with Crippen molar-refractivity contribution in [1.82, 2.24) is 9.80 Å². The van der Waals surface area contributed by atoms with Gasteiger partial charge in [0.1, 0.15) is 0 Å². The molecule has 7 heteroatoms. The van der Waals surface area contributed by atoms with Crippen LogP contribution in [0.1, 0.15) is 11.1 Å². The van der Waals surface area contributed by atoms with Gasteiger partial charge in [-0.25, -0.2) is 0 Å². The van der Waals surface area contributed by atoms with E-state index in [-0.39, 0.29) is 5.91 Å². The van der Waals surface area contributed by atoms with Crippen LogP contribution in [0, 0.1) is 0 Å². The van der Waals surface area contributed by atoms with Crippen LogP contribution in [-0.2, 0) is 11.3 Å². The van der Waals surface area contributed by atoms with E-state index in [1.165, 1.54) is 17.3 Å². The van der Waals surface area contributed by atoms with E-state index in [9.17, 15) is 4.79 Å². The first kappa shape index (κ1) is 20.5. The minimum absolute atomic E-state index is 0.184. The van der Waals surface area contributed by atoms with Gasteiger partial charge in [0.2, 0.25) is 0 Å². The molecular formula is C23H25N3O3S. The quantitative estimate of drug-likeness (QED) is 0.687. The highest BCUT2D eigenvalue weighted by molar-refractivity contribution is 8.18. The molecule has 2 aliphatic rings. The molecule has 0 N–H and O–H groups in total. The van der Waals surface area contributed by atoms with Crippen molar-refractivity contribution in [3.05, 3.63) is 64.6 Å². The summed E-state index contributed by atoms with van der Waals surface area (Å²) in [5.41, 5.74) is 2.21. The molecule has 2 aromatic carbocycles. The monoisotopic (exact) mass is 423 g/mol. The van der Waals surface area contributed by atoms with Crippen molar-refractivity contribution in [1.29, 1.82) is 0 Å². The highest BCUT2D eigenvalue weighted by atomic mass is 32.2. The van der Waals surface area contributed by atoms with Gasteiger partial charge in [0, 0.05) is 32.7 Å². The van der Waals surface area contributed by atoms with Crippen molar-refractivity contribution in [2.45, 2.75) is 6.54 Å². The molecule has 0 aliphatic carbocycles.